The molecular weight excluding hydrogens is 567 g/mol. The van der Waals surface area contributed by atoms with Crippen LogP contribution >= 0.6 is 7.75 Å². The summed E-state index contributed by atoms with van der Waals surface area (Å²) in [5.41, 5.74) is 4.28. The molecule has 15 heteroatoms. The monoisotopic (exact) mass is 602 g/mol. The third-order valence-electron chi connectivity index (χ3n) is 6.92. The van der Waals surface area contributed by atoms with Crippen LogP contribution in [0.25, 0.3) is 5.52 Å². The van der Waals surface area contributed by atoms with Crippen molar-refractivity contribution in [1.82, 2.24) is 19.7 Å². The Morgan fingerprint density at radius 1 is 1.29 bits per heavy atom. The van der Waals surface area contributed by atoms with Gasteiger partial charge in [-0.05, 0) is 44.0 Å². The molecule has 2 unspecified atom stereocenters. The third kappa shape index (κ3) is 6.42. The quantitative estimate of drug-likeness (QED) is 0.164. The highest BCUT2D eigenvalue weighted by Gasteiger charge is 2.58. The van der Waals surface area contributed by atoms with Crippen molar-refractivity contribution in [2.75, 3.05) is 12.3 Å². The number of nitrogens with zero attached hydrogens (tertiary/aromatic N) is 4. The molecule has 1 aromatic carbocycles. The lowest BCUT2D eigenvalue weighted by atomic mass is 9.92. The standard InChI is InChI=1S/C27H35N6O8P/c1-4-9-18(5-2)39-26(36)17(3)32-42(37,41-19-10-7-6-8-11-19)38-14-21-23(34)24(35)27(15-28,40-21)22-13-12-20-25(29)30-16-31-33(20)22/h6-8,10-13,16-18,21,23-24,34-35H,4-5,9,14H2,1-3H3,(H,32,37)(H2,29,30,31)/t17?,18?,21-,23-,24-,27+,42+/m1/s1. The Kier molecular flexibility index (Phi) is 9.83. The maximum absolute atomic E-state index is 13.9. The van der Waals surface area contributed by atoms with Gasteiger partial charge in [0.1, 0.15) is 54.1 Å². The number of anilines is 1. The van der Waals surface area contributed by atoms with E-state index in [1.807, 2.05) is 19.9 Å². The van der Waals surface area contributed by atoms with E-state index in [0.29, 0.717) is 18.4 Å². The van der Waals surface area contributed by atoms with Crippen LogP contribution in [0.5, 0.6) is 5.75 Å². The predicted octanol–water partition coefficient (Wildman–Crippen LogP) is 2.45. The Labute approximate surface area is 242 Å². The average Bonchev–Trinajstić information content (AvgIpc) is 3.52. The zero-order chi connectivity index (χ0) is 30.5. The molecule has 7 atom stereocenters. The summed E-state index contributed by atoms with van der Waals surface area (Å²) in [5.74, 6) is -0.328. The van der Waals surface area contributed by atoms with Gasteiger partial charge in [-0.2, -0.15) is 15.4 Å². The molecule has 1 aliphatic heterocycles. The predicted molar refractivity (Wildman–Crippen MR) is 150 cm³/mol. The van der Waals surface area contributed by atoms with Crippen molar-refractivity contribution < 1.29 is 38.1 Å². The van der Waals surface area contributed by atoms with Crippen molar-refractivity contribution >= 4 is 25.1 Å². The fourth-order valence-corrected chi connectivity index (χ4v) is 6.16. The second kappa shape index (κ2) is 13.2. The fourth-order valence-electron chi connectivity index (χ4n) is 4.66. The molecule has 3 heterocycles. The van der Waals surface area contributed by atoms with Gasteiger partial charge in [0.2, 0.25) is 5.60 Å². The van der Waals surface area contributed by atoms with Gasteiger partial charge in [-0.1, -0.05) is 38.5 Å². The summed E-state index contributed by atoms with van der Waals surface area (Å²) in [5, 5.41) is 38.7. The molecule has 0 radical (unpaired) electrons. The maximum Gasteiger partial charge on any atom is 0.459 e. The van der Waals surface area contributed by atoms with E-state index in [1.54, 1.807) is 36.4 Å². The van der Waals surface area contributed by atoms with Gasteiger partial charge in [-0.15, -0.1) is 0 Å². The molecule has 226 valence electrons. The van der Waals surface area contributed by atoms with E-state index in [-0.39, 0.29) is 23.4 Å². The molecular formula is C27H35N6O8P. The van der Waals surface area contributed by atoms with Crippen LogP contribution in [0.4, 0.5) is 5.82 Å². The smallest absolute Gasteiger partial charge is 0.459 e. The van der Waals surface area contributed by atoms with E-state index >= 15 is 0 Å². The molecule has 5 N–H and O–H groups in total. The number of carbonyl (C=O) groups is 1. The van der Waals surface area contributed by atoms with Gasteiger partial charge < -0.3 is 29.9 Å². The Bertz CT molecular complexity index is 1470. The number of benzene rings is 1. The topological polar surface area (TPSA) is 204 Å². The van der Waals surface area contributed by atoms with Crippen molar-refractivity contribution in [2.45, 2.75) is 76.1 Å². The van der Waals surface area contributed by atoms with Crippen LogP contribution in [-0.2, 0) is 29.0 Å². The van der Waals surface area contributed by atoms with E-state index < -0.39 is 50.3 Å². The zero-order valence-corrected chi connectivity index (χ0v) is 24.4. The minimum absolute atomic E-state index is 0.0962. The Hall–Kier alpha value is -3.57. The molecule has 3 aromatic rings. The van der Waals surface area contributed by atoms with Gasteiger partial charge in [0.15, 0.2) is 5.82 Å². The average molecular weight is 603 g/mol. The first-order chi connectivity index (χ1) is 20.1. The normalized spacial score (nSPS) is 24.9. The second-order valence-electron chi connectivity index (χ2n) is 9.90. The molecule has 1 fully saturated rings. The number of hydrogen-bond donors (Lipinski definition) is 4. The minimum Gasteiger partial charge on any atom is -0.461 e. The molecule has 0 spiro atoms. The van der Waals surface area contributed by atoms with Crippen molar-refractivity contribution in [3.05, 3.63) is 54.5 Å². The van der Waals surface area contributed by atoms with Crippen LogP contribution in [0.1, 0.15) is 45.7 Å². The van der Waals surface area contributed by atoms with Crippen molar-refractivity contribution in [3.8, 4) is 11.8 Å². The molecule has 1 aliphatic rings. The molecule has 0 amide bonds. The van der Waals surface area contributed by atoms with Gasteiger partial charge >= 0.3 is 13.7 Å². The van der Waals surface area contributed by atoms with Crippen molar-refractivity contribution in [3.63, 3.8) is 0 Å². The minimum atomic E-state index is -4.32. The Balaban J connectivity index is 1.55. The van der Waals surface area contributed by atoms with E-state index in [0.717, 1.165) is 6.42 Å². The molecule has 0 saturated carbocycles. The van der Waals surface area contributed by atoms with Crippen LogP contribution in [-0.4, -0.2) is 67.8 Å². The number of aromatic nitrogens is 3. The van der Waals surface area contributed by atoms with E-state index in [2.05, 4.69) is 15.2 Å². The number of nitrogens with one attached hydrogen (secondary N) is 1. The van der Waals surface area contributed by atoms with Crippen LogP contribution in [0.15, 0.2) is 48.8 Å². The highest BCUT2D eigenvalue weighted by Crippen LogP contribution is 2.47. The summed E-state index contributed by atoms with van der Waals surface area (Å²) in [6.07, 6.45) is -1.71. The number of nitriles is 1. The second-order valence-corrected chi connectivity index (χ2v) is 11.6. The highest BCUT2D eigenvalue weighted by atomic mass is 31.2. The molecule has 0 bridgehead atoms. The largest absolute Gasteiger partial charge is 0.461 e. The molecule has 4 rings (SSSR count). The Morgan fingerprint density at radius 3 is 2.69 bits per heavy atom. The number of fused-ring (bicyclic) bond motifs is 1. The lowest BCUT2D eigenvalue weighted by Crippen LogP contribution is -2.41. The van der Waals surface area contributed by atoms with Gasteiger partial charge in [-0.3, -0.25) is 9.32 Å². The first-order valence-electron chi connectivity index (χ1n) is 13.6. The number of rotatable bonds is 13. The zero-order valence-electron chi connectivity index (χ0n) is 23.5. The fraction of sp³-hybridized carbons (Fsp3) is 0.481. The van der Waals surface area contributed by atoms with Crippen molar-refractivity contribution in [1.29, 1.82) is 5.26 Å². The van der Waals surface area contributed by atoms with E-state index in [4.69, 9.17) is 24.3 Å². The van der Waals surface area contributed by atoms with Gasteiger partial charge in [0.05, 0.1) is 12.3 Å². The summed E-state index contributed by atoms with van der Waals surface area (Å²) in [6, 6.07) is 12.0. The number of esters is 1. The number of ether oxygens (including phenoxy) is 2. The maximum atomic E-state index is 13.9. The molecule has 42 heavy (non-hydrogen) atoms. The van der Waals surface area contributed by atoms with Crippen molar-refractivity contribution in [2.24, 2.45) is 0 Å². The molecule has 2 aromatic heterocycles. The first-order valence-corrected chi connectivity index (χ1v) is 15.1. The number of nitrogens with two attached hydrogens (primary N) is 1. The number of hydrogen-bond acceptors (Lipinski definition) is 12. The van der Waals surface area contributed by atoms with E-state index in [9.17, 15) is 24.8 Å². The van der Waals surface area contributed by atoms with E-state index in [1.165, 1.54) is 23.8 Å². The lowest BCUT2D eigenvalue weighted by molar-refractivity contribution is -0.151. The SMILES string of the molecule is CCCC(CC)OC(=O)C(C)N[P@](=O)(OC[C@H]1O[C@@](C#N)(c2ccc3c(N)ncnn23)[C@H](O)[C@@H]1O)Oc1ccccc1. The van der Waals surface area contributed by atoms with Gasteiger partial charge in [0, 0.05) is 0 Å². The summed E-state index contributed by atoms with van der Waals surface area (Å²) in [7, 11) is -4.32. The molecule has 0 aliphatic carbocycles. The third-order valence-corrected chi connectivity index (χ3v) is 8.56. The number of aliphatic hydroxyl groups is 2. The molecule has 1 saturated heterocycles. The number of para-hydroxylation sites is 1. The summed E-state index contributed by atoms with van der Waals surface area (Å²) >= 11 is 0. The van der Waals surface area contributed by atoms with Crippen LogP contribution in [0.2, 0.25) is 0 Å². The number of nitrogen functional groups attached to an aromatic ring is 1. The molecule has 14 nitrogen and oxygen atoms in total. The van der Waals surface area contributed by atoms with Crippen LogP contribution in [0, 0.1) is 11.3 Å². The highest BCUT2D eigenvalue weighted by molar-refractivity contribution is 7.52. The van der Waals surface area contributed by atoms with Gasteiger partial charge in [0.25, 0.3) is 0 Å². The van der Waals surface area contributed by atoms with Crippen LogP contribution < -0.4 is 15.3 Å². The summed E-state index contributed by atoms with van der Waals surface area (Å²) < 4.78 is 38.0. The number of carbonyl (C=O) groups excluding carboxylic acids is 1. The van der Waals surface area contributed by atoms with Gasteiger partial charge in [-0.25, -0.2) is 14.1 Å². The summed E-state index contributed by atoms with van der Waals surface area (Å²) in [4.78, 5) is 16.7. The first kappa shape index (κ1) is 31.4. The number of aliphatic hydroxyl groups excluding tert-OH is 2. The Morgan fingerprint density at radius 2 is 2.02 bits per heavy atom. The van der Waals surface area contributed by atoms with Crippen LogP contribution in [0.3, 0.4) is 0 Å². The summed E-state index contributed by atoms with van der Waals surface area (Å²) in [6.45, 7) is 4.75. The lowest BCUT2D eigenvalue weighted by Gasteiger charge is -2.26.